The van der Waals surface area contributed by atoms with Crippen molar-refractivity contribution in [2.45, 2.75) is 24.7 Å². The molecular weight excluding hydrogens is 252 g/mol. The Labute approximate surface area is 117 Å². The Morgan fingerprint density at radius 2 is 1.85 bits per heavy atom. The van der Waals surface area contributed by atoms with Gasteiger partial charge < -0.3 is 9.47 Å². The fourth-order valence-electron chi connectivity index (χ4n) is 2.94. The number of epoxide rings is 1. The molecule has 2 atom stereocenters. The zero-order chi connectivity index (χ0) is 13.6. The van der Waals surface area contributed by atoms with Crippen LogP contribution in [0.5, 0.6) is 0 Å². The molecule has 1 heterocycles. The van der Waals surface area contributed by atoms with Gasteiger partial charge >= 0.3 is 5.97 Å². The summed E-state index contributed by atoms with van der Waals surface area (Å²) in [6.45, 7) is 0. The number of hydrogen-bond donors (Lipinski definition) is 0. The molecule has 100 valence electrons. The van der Waals surface area contributed by atoms with Gasteiger partial charge in [-0.2, -0.15) is 0 Å². The van der Waals surface area contributed by atoms with Gasteiger partial charge in [-0.15, -0.1) is 0 Å². The predicted octanol–water partition coefficient (Wildman–Crippen LogP) is 3.04. The minimum atomic E-state index is -0.845. The average Bonchev–Trinajstić information content (AvgIpc) is 3.23. The molecule has 1 fully saturated rings. The first-order valence-corrected chi connectivity index (χ1v) is 6.84. The lowest BCUT2D eigenvalue weighted by atomic mass is 9.89. The number of aryl methyl sites for hydroxylation is 1. The van der Waals surface area contributed by atoms with Crippen LogP contribution in [0.3, 0.4) is 0 Å². The van der Waals surface area contributed by atoms with E-state index in [1.807, 2.05) is 36.4 Å². The van der Waals surface area contributed by atoms with Crippen molar-refractivity contribution in [2.75, 3.05) is 0 Å². The second-order valence-electron chi connectivity index (χ2n) is 5.23. The van der Waals surface area contributed by atoms with Gasteiger partial charge in [-0.25, -0.2) is 4.79 Å². The highest BCUT2D eigenvalue weighted by atomic mass is 16.8. The van der Waals surface area contributed by atoms with Crippen LogP contribution in [0.1, 0.15) is 27.9 Å². The number of carbonyl (C=O) groups excluding carboxylic acids is 1. The number of carbonyl (C=O) groups is 1. The van der Waals surface area contributed by atoms with Crippen molar-refractivity contribution in [1.29, 1.82) is 0 Å². The molecule has 3 nitrogen and oxygen atoms in total. The highest BCUT2D eigenvalue weighted by Crippen LogP contribution is 2.54. The summed E-state index contributed by atoms with van der Waals surface area (Å²) in [5.74, 6) is -1.17. The van der Waals surface area contributed by atoms with Crippen molar-refractivity contribution in [2.24, 2.45) is 0 Å². The molecular formula is C17H14O3. The molecule has 1 saturated heterocycles. The van der Waals surface area contributed by atoms with E-state index < -0.39 is 5.79 Å². The van der Waals surface area contributed by atoms with Crippen LogP contribution >= 0.6 is 0 Å². The second kappa shape index (κ2) is 4.18. The van der Waals surface area contributed by atoms with Gasteiger partial charge in [-0.05, 0) is 30.5 Å². The average molecular weight is 266 g/mol. The molecule has 20 heavy (non-hydrogen) atoms. The van der Waals surface area contributed by atoms with Crippen molar-refractivity contribution in [3.05, 3.63) is 71.3 Å². The molecule has 4 rings (SSSR count). The summed E-state index contributed by atoms with van der Waals surface area (Å²) in [5, 5.41) is 0. The maximum absolute atomic E-state index is 12.3. The van der Waals surface area contributed by atoms with Crippen LogP contribution in [0.4, 0.5) is 0 Å². The Hall–Kier alpha value is -2.13. The quantitative estimate of drug-likeness (QED) is 0.619. The van der Waals surface area contributed by atoms with Crippen molar-refractivity contribution in [1.82, 2.24) is 0 Å². The zero-order valence-corrected chi connectivity index (χ0v) is 10.9. The smallest absolute Gasteiger partial charge is 0.340 e. The number of ether oxygens (including phenoxy) is 2. The number of fused-ring (bicyclic) bond motifs is 3. The fourth-order valence-corrected chi connectivity index (χ4v) is 2.94. The van der Waals surface area contributed by atoms with E-state index in [2.05, 4.69) is 6.07 Å². The van der Waals surface area contributed by atoms with Crippen molar-refractivity contribution in [3.63, 3.8) is 0 Å². The molecule has 3 heteroatoms. The maximum atomic E-state index is 12.3. The van der Waals surface area contributed by atoms with Gasteiger partial charge in [0.15, 0.2) is 0 Å². The van der Waals surface area contributed by atoms with E-state index in [0.717, 1.165) is 18.4 Å². The third-order valence-corrected chi connectivity index (χ3v) is 4.01. The molecule has 0 bridgehead atoms. The van der Waals surface area contributed by atoms with Crippen LogP contribution in [-0.2, 0) is 21.7 Å². The molecule has 0 amide bonds. The SMILES string of the molecule is O=C(OC12OC1CCc1ccccc12)c1ccccc1. The molecule has 1 aliphatic carbocycles. The lowest BCUT2D eigenvalue weighted by molar-refractivity contribution is -0.0220. The van der Waals surface area contributed by atoms with Crippen LogP contribution in [0.2, 0.25) is 0 Å². The zero-order valence-electron chi connectivity index (χ0n) is 10.9. The van der Waals surface area contributed by atoms with Crippen molar-refractivity contribution in [3.8, 4) is 0 Å². The van der Waals surface area contributed by atoms with E-state index in [4.69, 9.17) is 9.47 Å². The number of rotatable bonds is 2. The van der Waals surface area contributed by atoms with E-state index in [-0.39, 0.29) is 12.1 Å². The molecule has 0 N–H and O–H groups in total. The van der Waals surface area contributed by atoms with Crippen LogP contribution in [0.25, 0.3) is 0 Å². The predicted molar refractivity (Wildman–Crippen MR) is 73.2 cm³/mol. The van der Waals surface area contributed by atoms with Gasteiger partial charge in [0.1, 0.15) is 6.10 Å². The van der Waals surface area contributed by atoms with E-state index in [0.29, 0.717) is 5.56 Å². The van der Waals surface area contributed by atoms with Crippen molar-refractivity contribution >= 4 is 5.97 Å². The number of benzene rings is 2. The topological polar surface area (TPSA) is 38.8 Å². The summed E-state index contributed by atoms with van der Waals surface area (Å²) in [7, 11) is 0. The van der Waals surface area contributed by atoms with E-state index in [9.17, 15) is 4.79 Å². The summed E-state index contributed by atoms with van der Waals surface area (Å²) < 4.78 is 11.4. The van der Waals surface area contributed by atoms with Crippen molar-refractivity contribution < 1.29 is 14.3 Å². The van der Waals surface area contributed by atoms with E-state index in [1.54, 1.807) is 12.1 Å². The monoisotopic (exact) mass is 266 g/mol. The molecule has 2 aromatic carbocycles. The third-order valence-electron chi connectivity index (χ3n) is 4.01. The first-order valence-electron chi connectivity index (χ1n) is 6.84. The molecule has 0 aromatic heterocycles. The van der Waals surface area contributed by atoms with Gasteiger partial charge in [0.05, 0.1) is 5.56 Å². The van der Waals surface area contributed by atoms with Gasteiger partial charge in [-0.3, -0.25) is 0 Å². The lowest BCUT2D eigenvalue weighted by Gasteiger charge is -2.21. The summed E-state index contributed by atoms with van der Waals surface area (Å²) in [5.41, 5.74) is 2.77. The standard InChI is InChI=1S/C17H14O3/c18-16(13-7-2-1-3-8-13)20-17-14-9-5-4-6-12(14)10-11-15(17)19-17/h1-9,15H,10-11H2. The Bertz CT molecular complexity index is 665. The normalized spacial score (nSPS) is 26.3. The lowest BCUT2D eigenvalue weighted by Crippen LogP contribution is -2.26. The van der Waals surface area contributed by atoms with E-state index in [1.165, 1.54) is 5.56 Å². The molecule has 1 aliphatic heterocycles. The third kappa shape index (κ3) is 1.67. The van der Waals surface area contributed by atoms with Gasteiger partial charge in [-0.1, -0.05) is 42.5 Å². The summed E-state index contributed by atoms with van der Waals surface area (Å²) >= 11 is 0. The minimum Gasteiger partial charge on any atom is -0.422 e. The molecule has 2 aromatic rings. The Kier molecular flexibility index (Phi) is 2.44. The van der Waals surface area contributed by atoms with Crippen LogP contribution < -0.4 is 0 Å². The summed E-state index contributed by atoms with van der Waals surface area (Å²) in [6, 6.07) is 17.1. The largest absolute Gasteiger partial charge is 0.422 e. The molecule has 0 radical (unpaired) electrons. The molecule has 2 unspecified atom stereocenters. The maximum Gasteiger partial charge on any atom is 0.340 e. The number of esters is 1. The minimum absolute atomic E-state index is 0.00469. The van der Waals surface area contributed by atoms with Gasteiger partial charge in [0.25, 0.3) is 5.79 Å². The molecule has 0 saturated carbocycles. The van der Waals surface area contributed by atoms with E-state index >= 15 is 0 Å². The fraction of sp³-hybridized carbons (Fsp3) is 0.235. The highest BCUT2D eigenvalue weighted by molar-refractivity contribution is 5.89. The molecule has 0 spiro atoms. The first-order chi connectivity index (χ1) is 9.79. The summed E-state index contributed by atoms with van der Waals surface area (Å²) in [4.78, 5) is 12.3. The van der Waals surface area contributed by atoms with Crippen LogP contribution in [-0.4, -0.2) is 12.1 Å². The second-order valence-corrected chi connectivity index (χ2v) is 5.23. The van der Waals surface area contributed by atoms with Crippen LogP contribution in [0.15, 0.2) is 54.6 Å². The Morgan fingerprint density at radius 1 is 1.10 bits per heavy atom. The number of hydrogen-bond acceptors (Lipinski definition) is 3. The molecule has 2 aliphatic rings. The van der Waals surface area contributed by atoms with Gasteiger partial charge in [0, 0.05) is 5.56 Å². The van der Waals surface area contributed by atoms with Gasteiger partial charge in [0.2, 0.25) is 0 Å². The summed E-state index contributed by atoms with van der Waals surface area (Å²) in [6.07, 6.45) is 1.88. The first kappa shape index (κ1) is 11.7. The highest BCUT2D eigenvalue weighted by Gasteiger charge is 2.64. The Morgan fingerprint density at radius 3 is 2.70 bits per heavy atom. The van der Waals surface area contributed by atoms with Crippen LogP contribution in [0, 0.1) is 0 Å². The Balaban J connectivity index is 1.66.